The summed E-state index contributed by atoms with van der Waals surface area (Å²) in [5.41, 5.74) is 2.93. The number of pyridine rings is 1. The van der Waals surface area contributed by atoms with Crippen molar-refractivity contribution in [1.29, 1.82) is 0 Å². The Morgan fingerprint density at radius 2 is 2.05 bits per heavy atom. The molecule has 0 aliphatic heterocycles. The summed E-state index contributed by atoms with van der Waals surface area (Å²) in [6, 6.07) is 11.1. The van der Waals surface area contributed by atoms with E-state index in [-0.39, 0.29) is 11.2 Å². The summed E-state index contributed by atoms with van der Waals surface area (Å²) in [6.45, 7) is 5.73. The predicted molar refractivity (Wildman–Crippen MR) is 85.3 cm³/mol. The molecule has 1 aromatic heterocycles. The van der Waals surface area contributed by atoms with E-state index < -0.39 is 0 Å². The topological polar surface area (TPSA) is 56.0 Å². The molecule has 0 aliphatic rings. The zero-order chi connectivity index (χ0) is 15.4. The van der Waals surface area contributed by atoms with Crippen molar-refractivity contribution in [3.05, 3.63) is 58.9 Å². The van der Waals surface area contributed by atoms with Gasteiger partial charge in [0.25, 0.3) is 5.03 Å². The number of rotatable bonds is 4. The molecule has 1 unspecified atom stereocenters. The van der Waals surface area contributed by atoms with Crippen LogP contribution in [-0.4, -0.2) is 11.2 Å². The van der Waals surface area contributed by atoms with Gasteiger partial charge in [0.05, 0.1) is 5.25 Å². The number of thioether (sulfide) groups is 1. The number of hydrogen-bond acceptors (Lipinski definition) is 3. The van der Waals surface area contributed by atoms with E-state index in [4.69, 9.17) is 0 Å². The molecule has 21 heavy (non-hydrogen) atoms. The van der Waals surface area contributed by atoms with Gasteiger partial charge in [-0.1, -0.05) is 12.1 Å². The van der Waals surface area contributed by atoms with Crippen molar-refractivity contribution in [2.45, 2.75) is 31.0 Å². The fourth-order valence-corrected chi connectivity index (χ4v) is 2.69. The van der Waals surface area contributed by atoms with Crippen LogP contribution in [0.25, 0.3) is 0 Å². The molecule has 0 aliphatic carbocycles. The Labute approximate surface area is 128 Å². The van der Waals surface area contributed by atoms with Gasteiger partial charge in [-0.3, -0.25) is 4.79 Å². The minimum Gasteiger partial charge on any atom is -0.618 e. The normalized spacial score (nSPS) is 12.0. The summed E-state index contributed by atoms with van der Waals surface area (Å²) in [4.78, 5) is 12.2. The first-order chi connectivity index (χ1) is 9.97. The standard InChI is InChI=1S/C16H18N2O2S/c1-11-7-8-12(2)14(10-11)17-16(19)13(3)21-15-6-4-5-9-18(15)20/h4-10,13H,1-3H3,(H,17,19). The van der Waals surface area contributed by atoms with Gasteiger partial charge < -0.3 is 10.5 Å². The number of carbonyl (C=O) groups excluding carboxylic acids is 1. The van der Waals surface area contributed by atoms with Gasteiger partial charge in [-0.2, -0.15) is 4.73 Å². The van der Waals surface area contributed by atoms with Crippen LogP contribution in [-0.2, 0) is 4.79 Å². The van der Waals surface area contributed by atoms with Gasteiger partial charge >= 0.3 is 0 Å². The van der Waals surface area contributed by atoms with Crippen molar-refractivity contribution in [2.24, 2.45) is 0 Å². The average molecular weight is 302 g/mol. The number of anilines is 1. The van der Waals surface area contributed by atoms with E-state index in [1.807, 2.05) is 32.0 Å². The third kappa shape index (κ3) is 3.98. The third-order valence-electron chi connectivity index (χ3n) is 3.11. The summed E-state index contributed by atoms with van der Waals surface area (Å²) >= 11 is 1.25. The molecule has 4 nitrogen and oxygen atoms in total. The van der Waals surface area contributed by atoms with Crippen LogP contribution in [0.2, 0.25) is 0 Å². The predicted octanol–water partition coefficient (Wildman–Crippen LogP) is 3.06. The summed E-state index contributed by atoms with van der Waals surface area (Å²) in [5, 5.41) is 14.7. The SMILES string of the molecule is Cc1ccc(C)c(NC(=O)C(C)Sc2cccc[n+]2[O-])c1. The highest BCUT2D eigenvalue weighted by atomic mass is 32.2. The van der Waals surface area contributed by atoms with Crippen molar-refractivity contribution in [3.63, 3.8) is 0 Å². The lowest BCUT2D eigenvalue weighted by molar-refractivity contribution is -0.645. The van der Waals surface area contributed by atoms with Gasteiger partial charge in [-0.05, 0) is 55.8 Å². The first kappa shape index (κ1) is 15.4. The second-order valence-electron chi connectivity index (χ2n) is 4.93. The van der Waals surface area contributed by atoms with Crippen LogP contribution in [0.5, 0.6) is 0 Å². The Bertz CT molecular complexity index is 658. The molecule has 1 aromatic carbocycles. The maximum Gasteiger partial charge on any atom is 0.252 e. The van der Waals surface area contributed by atoms with E-state index >= 15 is 0 Å². The molecule has 0 bridgehead atoms. The molecule has 110 valence electrons. The Kier molecular flexibility index (Phi) is 4.85. The highest BCUT2D eigenvalue weighted by molar-refractivity contribution is 8.00. The van der Waals surface area contributed by atoms with Crippen LogP contribution < -0.4 is 10.0 Å². The fraction of sp³-hybridized carbons (Fsp3) is 0.250. The molecular formula is C16H18N2O2S. The minimum absolute atomic E-state index is 0.113. The zero-order valence-corrected chi connectivity index (χ0v) is 13.1. The molecule has 1 atom stereocenters. The second-order valence-corrected chi connectivity index (χ2v) is 6.29. The lowest BCUT2D eigenvalue weighted by Gasteiger charge is -2.13. The largest absolute Gasteiger partial charge is 0.618 e. The molecule has 0 saturated carbocycles. The van der Waals surface area contributed by atoms with Gasteiger partial charge in [0.2, 0.25) is 5.91 Å². The smallest absolute Gasteiger partial charge is 0.252 e. The van der Waals surface area contributed by atoms with E-state index in [0.717, 1.165) is 21.5 Å². The minimum atomic E-state index is -0.354. The molecule has 0 radical (unpaired) electrons. The highest BCUT2D eigenvalue weighted by Crippen LogP contribution is 2.22. The second kappa shape index (κ2) is 6.63. The van der Waals surface area contributed by atoms with E-state index in [2.05, 4.69) is 5.32 Å². The van der Waals surface area contributed by atoms with E-state index in [9.17, 15) is 10.0 Å². The van der Waals surface area contributed by atoms with Crippen LogP contribution in [0.15, 0.2) is 47.6 Å². The van der Waals surface area contributed by atoms with Gasteiger partial charge in [0, 0.05) is 17.8 Å². The summed E-state index contributed by atoms with van der Waals surface area (Å²) in [5.74, 6) is -0.113. The molecule has 2 rings (SSSR count). The van der Waals surface area contributed by atoms with Crippen LogP contribution in [0, 0.1) is 19.1 Å². The number of aryl methyl sites for hydroxylation is 2. The first-order valence-electron chi connectivity index (χ1n) is 6.70. The summed E-state index contributed by atoms with van der Waals surface area (Å²) in [6.07, 6.45) is 1.43. The molecule has 1 amide bonds. The van der Waals surface area contributed by atoms with Gasteiger partial charge in [-0.25, -0.2) is 0 Å². The Balaban J connectivity index is 2.06. The monoisotopic (exact) mass is 302 g/mol. The van der Waals surface area contributed by atoms with Gasteiger partial charge in [0.1, 0.15) is 0 Å². The average Bonchev–Trinajstić information content (AvgIpc) is 2.45. The molecule has 5 heteroatoms. The Morgan fingerprint density at radius 3 is 2.76 bits per heavy atom. The Morgan fingerprint density at radius 1 is 1.29 bits per heavy atom. The number of carbonyl (C=O) groups is 1. The molecule has 0 fully saturated rings. The zero-order valence-electron chi connectivity index (χ0n) is 12.3. The van der Waals surface area contributed by atoms with Crippen LogP contribution >= 0.6 is 11.8 Å². The lowest BCUT2D eigenvalue weighted by Crippen LogP contribution is -2.30. The molecular weight excluding hydrogens is 284 g/mol. The number of hydrogen-bond donors (Lipinski definition) is 1. The number of benzene rings is 1. The summed E-state index contributed by atoms with van der Waals surface area (Å²) in [7, 11) is 0. The number of nitrogens with one attached hydrogen (secondary N) is 1. The molecule has 1 N–H and O–H groups in total. The first-order valence-corrected chi connectivity index (χ1v) is 7.58. The maximum absolute atomic E-state index is 12.2. The van der Waals surface area contributed by atoms with Crippen molar-refractivity contribution >= 4 is 23.4 Å². The molecule has 0 saturated heterocycles. The van der Waals surface area contributed by atoms with Crippen LogP contribution in [0.4, 0.5) is 5.69 Å². The van der Waals surface area contributed by atoms with Gasteiger partial charge in [0.15, 0.2) is 6.20 Å². The molecule has 1 heterocycles. The number of nitrogens with zero attached hydrogens (tertiary/aromatic N) is 1. The van der Waals surface area contributed by atoms with Crippen LogP contribution in [0.3, 0.4) is 0 Å². The lowest BCUT2D eigenvalue weighted by atomic mass is 10.1. The van der Waals surface area contributed by atoms with Gasteiger partial charge in [-0.15, -0.1) is 0 Å². The van der Waals surface area contributed by atoms with Crippen LogP contribution in [0.1, 0.15) is 18.1 Å². The van der Waals surface area contributed by atoms with Crippen molar-refractivity contribution in [2.75, 3.05) is 5.32 Å². The molecule has 0 spiro atoms. The quantitative estimate of drug-likeness (QED) is 0.536. The third-order valence-corrected chi connectivity index (χ3v) is 4.23. The fourth-order valence-electron chi connectivity index (χ4n) is 1.84. The molecule has 2 aromatic rings. The van der Waals surface area contributed by atoms with E-state index in [1.165, 1.54) is 18.0 Å². The maximum atomic E-state index is 12.2. The number of aromatic nitrogens is 1. The van der Waals surface area contributed by atoms with E-state index in [1.54, 1.807) is 25.1 Å². The number of amides is 1. The summed E-state index contributed by atoms with van der Waals surface area (Å²) < 4.78 is 0.770. The van der Waals surface area contributed by atoms with Crippen molar-refractivity contribution in [3.8, 4) is 0 Å². The van der Waals surface area contributed by atoms with Crippen molar-refractivity contribution in [1.82, 2.24) is 0 Å². The van der Waals surface area contributed by atoms with E-state index in [0.29, 0.717) is 5.03 Å². The van der Waals surface area contributed by atoms with Crippen molar-refractivity contribution < 1.29 is 9.52 Å². The Hall–Kier alpha value is -2.01. The highest BCUT2D eigenvalue weighted by Gasteiger charge is 2.19.